The van der Waals surface area contributed by atoms with Gasteiger partial charge >= 0.3 is 0 Å². The van der Waals surface area contributed by atoms with E-state index in [0.717, 1.165) is 25.9 Å². The van der Waals surface area contributed by atoms with Crippen molar-refractivity contribution < 1.29 is 4.79 Å². The summed E-state index contributed by atoms with van der Waals surface area (Å²) in [6.07, 6.45) is 2.11. The van der Waals surface area contributed by atoms with Gasteiger partial charge in [0.2, 0.25) is 5.91 Å². The number of nitrogens with zero attached hydrogens (tertiary/aromatic N) is 1. The molecule has 1 radical (unpaired) electrons. The molecule has 1 N–H and O–H groups in total. The summed E-state index contributed by atoms with van der Waals surface area (Å²) in [7, 11) is 1.57. The van der Waals surface area contributed by atoms with Crippen molar-refractivity contribution in [2.45, 2.75) is 12.8 Å². The van der Waals surface area contributed by atoms with Crippen LogP contribution in [0.15, 0.2) is 0 Å². The molecule has 0 aliphatic carbocycles. The molecule has 1 aliphatic heterocycles. The molecule has 1 fully saturated rings. The van der Waals surface area contributed by atoms with E-state index in [-0.39, 0.29) is 11.8 Å². The second-order valence-electron chi connectivity index (χ2n) is 2.61. The lowest BCUT2D eigenvalue weighted by molar-refractivity contribution is -0.125. The molecule has 0 bridgehead atoms. The van der Waals surface area contributed by atoms with Crippen molar-refractivity contribution in [1.82, 2.24) is 10.6 Å². The Morgan fingerprint density at radius 2 is 2.50 bits per heavy atom. The maximum atomic E-state index is 11.0. The highest BCUT2D eigenvalue weighted by molar-refractivity contribution is 5.78. The fourth-order valence-electron chi connectivity index (χ4n) is 1.25. The average molecular weight is 141 g/mol. The number of nitrogens with one attached hydrogen (secondary N) is 1. The summed E-state index contributed by atoms with van der Waals surface area (Å²) in [5.74, 6) is 0.200. The first-order chi connectivity index (χ1) is 4.84. The summed E-state index contributed by atoms with van der Waals surface area (Å²) in [4.78, 5) is 11.0. The van der Waals surface area contributed by atoms with Crippen LogP contribution in [0.3, 0.4) is 0 Å². The van der Waals surface area contributed by atoms with Crippen molar-refractivity contribution >= 4 is 5.91 Å². The molecular weight excluding hydrogens is 128 g/mol. The molecule has 1 aliphatic rings. The third kappa shape index (κ3) is 1.70. The SMILES string of the molecule is C[N]C(=O)C1CCCNC1. The molecule has 3 heteroatoms. The molecule has 0 aromatic carbocycles. The minimum absolute atomic E-state index is 0.0483. The van der Waals surface area contributed by atoms with Crippen molar-refractivity contribution in [2.75, 3.05) is 20.1 Å². The molecule has 0 spiro atoms. The highest BCUT2D eigenvalue weighted by atomic mass is 16.1. The minimum atomic E-state index is 0.0483. The van der Waals surface area contributed by atoms with Crippen LogP contribution in [0.1, 0.15) is 12.8 Å². The summed E-state index contributed by atoms with van der Waals surface area (Å²) in [5.41, 5.74) is 0. The summed E-state index contributed by atoms with van der Waals surface area (Å²) in [6.45, 7) is 1.86. The second kappa shape index (κ2) is 3.56. The molecule has 0 aromatic rings. The summed E-state index contributed by atoms with van der Waals surface area (Å²) < 4.78 is 0. The molecule has 1 atom stereocenters. The first-order valence-electron chi connectivity index (χ1n) is 3.69. The van der Waals surface area contributed by atoms with E-state index in [4.69, 9.17) is 0 Å². The Kier molecular flexibility index (Phi) is 2.68. The fourth-order valence-corrected chi connectivity index (χ4v) is 1.25. The van der Waals surface area contributed by atoms with E-state index in [1.807, 2.05) is 0 Å². The van der Waals surface area contributed by atoms with Gasteiger partial charge in [0.25, 0.3) is 0 Å². The predicted octanol–water partition coefficient (Wildman–Crippen LogP) is -0.253. The molecule has 1 saturated heterocycles. The lowest BCUT2D eigenvalue weighted by Crippen LogP contribution is -2.37. The third-order valence-electron chi connectivity index (χ3n) is 1.87. The molecule has 3 nitrogen and oxygen atoms in total. The average Bonchev–Trinajstić information content (AvgIpc) is 2.05. The number of hydrogen-bond acceptors (Lipinski definition) is 2. The van der Waals surface area contributed by atoms with Crippen LogP contribution in [0.5, 0.6) is 0 Å². The lowest BCUT2D eigenvalue weighted by atomic mass is 9.99. The smallest absolute Gasteiger partial charge is 0.245 e. The molecule has 1 unspecified atom stereocenters. The Morgan fingerprint density at radius 1 is 1.70 bits per heavy atom. The van der Waals surface area contributed by atoms with Gasteiger partial charge in [-0.25, -0.2) is 0 Å². The van der Waals surface area contributed by atoms with Gasteiger partial charge in [-0.3, -0.25) is 10.1 Å². The van der Waals surface area contributed by atoms with E-state index in [1.54, 1.807) is 7.05 Å². The van der Waals surface area contributed by atoms with E-state index in [9.17, 15) is 4.79 Å². The molecule has 57 valence electrons. The van der Waals surface area contributed by atoms with E-state index >= 15 is 0 Å². The second-order valence-corrected chi connectivity index (χ2v) is 2.61. The summed E-state index contributed by atoms with van der Waals surface area (Å²) in [6, 6.07) is 0. The number of carbonyl (C=O) groups excluding carboxylic acids is 1. The van der Waals surface area contributed by atoms with E-state index in [0.29, 0.717) is 0 Å². The maximum absolute atomic E-state index is 11.0. The number of hydrogen-bond donors (Lipinski definition) is 1. The van der Waals surface area contributed by atoms with Crippen molar-refractivity contribution in [1.29, 1.82) is 0 Å². The normalized spacial score (nSPS) is 25.9. The Morgan fingerprint density at radius 3 is 3.00 bits per heavy atom. The van der Waals surface area contributed by atoms with Crippen molar-refractivity contribution in [3.63, 3.8) is 0 Å². The highest BCUT2D eigenvalue weighted by Gasteiger charge is 2.19. The zero-order valence-electron chi connectivity index (χ0n) is 6.26. The van der Waals surface area contributed by atoms with Gasteiger partial charge in [0.15, 0.2) is 0 Å². The van der Waals surface area contributed by atoms with Gasteiger partial charge in [-0.1, -0.05) is 0 Å². The number of rotatable bonds is 1. The third-order valence-corrected chi connectivity index (χ3v) is 1.87. The van der Waals surface area contributed by atoms with Crippen LogP contribution in [-0.4, -0.2) is 26.0 Å². The predicted molar refractivity (Wildman–Crippen MR) is 38.7 cm³/mol. The van der Waals surface area contributed by atoms with Crippen LogP contribution in [0.2, 0.25) is 0 Å². The zero-order valence-corrected chi connectivity index (χ0v) is 6.26. The van der Waals surface area contributed by atoms with Crippen LogP contribution in [-0.2, 0) is 4.79 Å². The van der Waals surface area contributed by atoms with Crippen LogP contribution in [0.25, 0.3) is 0 Å². The van der Waals surface area contributed by atoms with Crippen LogP contribution < -0.4 is 10.6 Å². The molecule has 1 heterocycles. The minimum Gasteiger partial charge on any atom is -0.316 e. The largest absolute Gasteiger partial charge is 0.316 e. The van der Waals surface area contributed by atoms with E-state index in [2.05, 4.69) is 10.6 Å². The van der Waals surface area contributed by atoms with Crippen LogP contribution >= 0.6 is 0 Å². The molecule has 10 heavy (non-hydrogen) atoms. The first-order valence-corrected chi connectivity index (χ1v) is 3.69. The van der Waals surface area contributed by atoms with Gasteiger partial charge in [0.05, 0.1) is 5.92 Å². The van der Waals surface area contributed by atoms with Gasteiger partial charge in [-0.05, 0) is 19.4 Å². The fraction of sp³-hybridized carbons (Fsp3) is 0.857. The zero-order chi connectivity index (χ0) is 7.40. The van der Waals surface area contributed by atoms with E-state index in [1.165, 1.54) is 0 Å². The van der Waals surface area contributed by atoms with Crippen molar-refractivity contribution in [2.24, 2.45) is 5.92 Å². The molecule has 1 rings (SSSR count). The number of amides is 1. The molecule has 0 aromatic heterocycles. The molecule has 0 saturated carbocycles. The monoisotopic (exact) mass is 141 g/mol. The number of carbonyl (C=O) groups is 1. The summed E-state index contributed by atoms with van der Waals surface area (Å²) >= 11 is 0. The quantitative estimate of drug-likeness (QED) is 0.547. The topological polar surface area (TPSA) is 43.2 Å². The number of piperidine rings is 1. The lowest BCUT2D eigenvalue weighted by Gasteiger charge is -2.19. The molecule has 1 amide bonds. The van der Waals surface area contributed by atoms with Crippen molar-refractivity contribution in [3.05, 3.63) is 0 Å². The molecular formula is C7H13N2O. The first kappa shape index (κ1) is 7.54. The van der Waals surface area contributed by atoms with Gasteiger partial charge in [0.1, 0.15) is 0 Å². The van der Waals surface area contributed by atoms with E-state index < -0.39 is 0 Å². The van der Waals surface area contributed by atoms with Gasteiger partial charge in [-0.2, -0.15) is 0 Å². The van der Waals surface area contributed by atoms with Crippen molar-refractivity contribution in [3.8, 4) is 0 Å². The van der Waals surface area contributed by atoms with Crippen LogP contribution in [0, 0.1) is 5.92 Å². The van der Waals surface area contributed by atoms with Gasteiger partial charge in [0, 0.05) is 13.6 Å². The van der Waals surface area contributed by atoms with Gasteiger partial charge < -0.3 is 5.32 Å². The Hall–Kier alpha value is -0.570. The Bertz CT molecular complexity index is 119. The van der Waals surface area contributed by atoms with Gasteiger partial charge in [-0.15, -0.1) is 0 Å². The van der Waals surface area contributed by atoms with Crippen LogP contribution in [0.4, 0.5) is 0 Å². The Labute approximate surface area is 61.2 Å². The summed E-state index contributed by atoms with van der Waals surface area (Å²) in [5, 5.41) is 6.80. The maximum Gasteiger partial charge on any atom is 0.245 e. The highest BCUT2D eigenvalue weighted by Crippen LogP contribution is 2.09. The standard InChI is InChI=1S/C7H13N2O/c1-8-7(10)6-3-2-4-9-5-6/h6,9H,2-5H2,1H3. The Balaban J connectivity index is 2.31.